The Bertz CT molecular complexity index is 327. The van der Waals surface area contributed by atoms with Gasteiger partial charge in [0.25, 0.3) is 0 Å². The third kappa shape index (κ3) is 2.25. The third-order valence-corrected chi connectivity index (χ3v) is 1.88. The minimum absolute atomic E-state index is 0.163. The van der Waals surface area contributed by atoms with E-state index in [4.69, 9.17) is 0 Å². The Labute approximate surface area is 84.2 Å². The molecule has 0 bridgehead atoms. The van der Waals surface area contributed by atoms with Gasteiger partial charge in [0.1, 0.15) is 6.54 Å². The third-order valence-electron chi connectivity index (χ3n) is 1.41. The lowest BCUT2D eigenvalue weighted by Crippen LogP contribution is -2.43. The molecule has 1 heterocycles. The van der Waals surface area contributed by atoms with E-state index in [2.05, 4.69) is 43.7 Å². The summed E-state index contributed by atoms with van der Waals surface area (Å²) >= 11 is 4.09. The van der Waals surface area contributed by atoms with Gasteiger partial charge >= 0.3 is 0 Å². The van der Waals surface area contributed by atoms with Crippen molar-refractivity contribution in [2.75, 3.05) is 6.54 Å². The number of carbonyl (C=O) groups excluding carboxylic acids is 1. The molecule has 8 nitrogen and oxygen atoms in total. The molecule has 0 saturated heterocycles. The highest BCUT2D eigenvalue weighted by Gasteiger charge is 2.33. The molecule has 0 radical (unpaired) electrons. The van der Waals surface area contributed by atoms with Crippen molar-refractivity contribution < 1.29 is 4.79 Å². The molecule has 0 aliphatic rings. The van der Waals surface area contributed by atoms with Gasteiger partial charge in [-0.15, -0.1) is 17.7 Å². The zero-order valence-corrected chi connectivity index (χ0v) is 8.15. The Balaban J connectivity index is 2.92. The molecule has 0 spiro atoms. The Morgan fingerprint density at radius 1 is 1.79 bits per heavy atom. The molecule has 1 atom stereocenters. The number of rotatable bonds is 4. The first-order valence-electron chi connectivity index (χ1n) is 3.63. The van der Waals surface area contributed by atoms with Gasteiger partial charge in [0, 0.05) is 6.92 Å². The van der Waals surface area contributed by atoms with Gasteiger partial charge in [0.2, 0.25) is 5.91 Å². The van der Waals surface area contributed by atoms with Crippen LogP contribution in [0.15, 0.2) is 5.18 Å². The van der Waals surface area contributed by atoms with Gasteiger partial charge in [0.05, 0.1) is 0 Å². The maximum atomic E-state index is 10.8. The number of hydrogen-bond donors (Lipinski definition) is 3. The van der Waals surface area contributed by atoms with Crippen LogP contribution in [-0.2, 0) is 9.67 Å². The first-order valence-corrected chi connectivity index (χ1v) is 4.07. The predicted octanol–water partition coefficient (Wildman–Crippen LogP) is -0.815. The molecule has 0 aliphatic carbocycles. The first kappa shape index (κ1) is 10.6. The van der Waals surface area contributed by atoms with Gasteiger partial charge in [-0.2, -0.15) is 4.91 Å². The molecule has 0 aromatic carbocycles. The van der Waals surface area contributed by atoms with E-state index < -0.39 is 4.87 Å². The van der Waals surface area contributed by atoms with E-state index in [1.54, 1.807) is 0 Å². The van der Waals surface area contributed by atoms with Crippen LogP contribution in [0, 0.1) is 4.91 Å². The van der Waals surface area contributed by atoms with Crippen LogP contribution in [0.2, 0.25) is 0 Å². The highest BCUT2D eigenvalue weighted by Crippen LogP contribution is 2.21. The first-order chi connectivity index (χ1) is 6.58. The van der Waals surface area contributed by atoms with E-state index in [1.807, 2.05) is 0 Å². The Morgan fingerprint density at radius 3 is 2.93 bits per heavy atom. The lowest BCUT2D eigenvalue weighted by atomic mass is 10.2. The van der Waals surface area contributed by atoms with Crippen molar-refractivity contribution in [2.24, 2.45) is 5.18 Å². The fourth-order valence-corrected chi connectivity index (χ4v) is 1.20. The number of amides is 1. The maximum absolute atomic E-state index is 10.8. The topological polar surface area (TPSA) is 113 Å². The largest absolute Gasteiger partial charge is 0.334 e. The lowest BCUT2D eigenvalue weighted by Gasteiger charge is -2.22. The zero-order valence-electron chi connectivity index (χ0n) is 7.26. The minimum atomic E-state index is -1.28. The fraction of sp³-hybridized carbons (Fsp3) is 0.600. The van der Waals surface area contributed by atoms with Gasteiger partial charge in [0.15, 0.2) is 10.7 Å². The van der Waals surface area contributed by atoms with Gasteiger partial charge in [-0.05, 0) is 10.4 Å². The van der Waals surface area contributed by atoms with Crippen molar-refractivity contribution in [2.45, 2.75) is 11.8 Å². The summed E-state index contributed by atoms with van der Waals surface area (Å²) in [7, 11) is 0. The average molecular weight is 216 g/mol. The molecule has 0 fully saturated rings. The van der Waals surface area contributed by atoms with E-state index >= 15 is 0 Å². The van der Waals surface area contributed by atoms with Crippen LogP contribution in [0.3, 0.4) is 0 Å². The van der Waals surface area contributed by atoms with E-state index in [0.29, 0.717) is 0 Å². The molecule has 1 rings (SSSR count). The Morgan fingerprint density at radius 2 is 2.50 bits per heavy atom. The van der Waals surface area contributed by atoms with Gasteiger partial charge in [-0.1, -0.05) is 5.18 Å². The molecule has 1 aromatic heterocycles. The summed E-state index contributed by atoms with van der Waals surface area (Å²) in [5.41, 5.74) is 0. The number of nitroso groups, excluding NO2 is 1. The van der Waals surface area contributed by atoms with Crippen LogP contribution >= 0.6 is 12.6 Å². The summed E-state index contributed by atoms with van der Waals surface area (Å²) in [6.45, 7) is 1.02. The monoisotopic (exact) mass is 216 g/mol. The van der Waals surface area contributed by atoms with Crippen LogP contribution in [-0.4, -0.2) is 33.1 Å². The minimum Gasteiger partial charge on any atom is -0.334 e. The van der Waals surface area contributed by atoms with Crippen LogP contribution in [0.5, 0.6) is 0 Å². The van der Waals surface area contributed by atoms with E-state index in [9.17, 15) is 9.70 Å². The molecule has 0 aliphatic heterocycles. The number of nitrogens with zero attached hydrogens (tertiary/aromatic N) is 4. The van der Waals surface area contributed by atoms with E-state index in [0.717, 1.165) is 0 Å². The van der Waals surface area contributed by atoms with Crippen molar-refractivity contribution >= 4 is 18.5 Å². The molecular formula is C5H8N6O2S. The normalized spacial score (nSPS) is 14.4. The van der Waals surface area contributed by atoms with Gasteiger partial charge in [-0.25, -0.2) is 5.10 Å². The summed E-state index contributed by atoms with van der Waals surface area (Å²) in [5, 5.41) is 17.7. The number of thiol groups is 1. The Kier molecular flexibility index (Phi) is 3.12. The fourth-order valence-electron chi connectivity index (χ4n) is 0.893. The molecule has 9 heteroatoms. The molecule has 76 valence electrons. The number of H-pyrrole nitrogens is 1. The molecule has 1 aromatic rings. The predicted molar refractivity (Wildman–Crippen MR) is 49.3 cm³/mol. The van der Waals surface area contributed by atoms with Gasteiger partial charge in [-0.3, -0.25) is 4.79 Å². The second-order valence-electron chi connectivity index (χ2n) is 2.58. The summed E-state index contributed by atoms with van der Waals surface area (Å²) in [6, 6.07) is 0. The highest BCUT2D eigenvalue weighted by atomic mass is 32.1. The van der Waals surface area contributed by atoms with Crippen LogP contribution in [0.25, 0.3) is 0 Å². The number of aromatic nitrogens is 4. The van der Waals surface area contributed by atoms with Crippen LogP contribution in [0.1, 0.15) is 12.7 Å². The van der Waals surface area contributed by atoms with Crippen molar-refractivity contribution in [3.05, 3.63) is 10.7 Å². The summed E-state index contributed by atoms with van der Waals surface area (Å²) in [6.07, 6.45) is 0. The highest BCUT2D eigenvalue weighted by molar-refractivity contribution is 7.81. The van der Waals surface area contributed by atoms with Crippen molar-refractivity contribution in [1.82, 2.24) is 25.9 Å². The number of nitrogens with one attached hydrogen (secondary N) is 2. The lowest BCUT2D eigenvalue weighted by molar-refractivity contribution is -0.120. The summed E-state index contributed by atoms with van der Waals surface area (Å²) < 4.78 is 0. The number of aromatic amines is 1. The summed E-state index contributed by atoms with van der Waals surface area (Å²) in [4.78, 5) is 19.7. The Hall–Kier alpha value is -1.51. The van der Waals surface area contributed by atoms with Crippen molar-refractivity contribution in [1.29, 1.82) is 0 Å². The van der Waals surface area contributed by atoms with Crippen molar-refractivity contribution in [3.63, 3.8) is 0 Å². The zero-order chi connectivity index (χ0) is 10.6. The van der Waals surface area contributed by atoms with Crippen LogP contribution < -0.4 is 5.32 Å². The average Bonchev–Trinajstić information content (AvgIpc) is 2.54. The summed E-state index contributed by atoms with van der Waals surface area (Å²) in [5.74, 6) is -0.198. The smallest absolute Gasteiger partial charge is 0.218 e. The standard InChI is InChI=1S/C5H8N6O2S/c1-3(12)7-5(14,2-6-13)4-8-10-11-9-4/h14H,2H2,1H3,(H,7,12)(H,8,9,10,11). The van der Waals surface area contributed by atoms with E-state index in [-0.39, 0.29) is 18.3 Å². The second kappa shape index (κ2) is 4.13. The quantitative estimate of drug-likeness (QED) is 0.346. The van der Waals surface area contributed by atoms with Gasteiger partial charge < -0.3 is 5.32 Å². The van der Waals surface area contributed by atoms with Crippen molar-refractivity contribution in [3.8, 4) is 0 Å². The molecule has 1 amide bonds. The second-order valence-corrected chi connectivity index (χ2v) is 3.34. The molecule has 14 heavy (non-hydrogen) atoms. The number of tetrazole rings is 1. The molecule has 2 N–H and O–H groups in total. The number of hydrogen-bond acceptors (Lipinski definition) is 7. The maximum Gasteiger partial charge on any atom is 0.218 e. The molecule has 0 saturated carbocycles. The van der Waals surface area contributed by atoms with Crippen LogP contribution in [0.4, 0.5) is 0 Å². The SMILES string of the molecule is CC(=O)NC(S)(CN=O)c1nnn[nH]1. The van der Waals surface area contributed by atoms with E-state index in [1.165, 1.54) is 6.92 Å². The molecule has 1 unspecified atom stereocenters. The number of carbonyl (C=O) groups is 1. The molecular weight excluding hydrogens is 208 g/mol.